The summed E-state index contributed by atoms with van der Waals surface area (Å²) in [5.41, 5.74) is 5.16. The van der Waals surface area contributed by atoms with Gasteiger partial charge in [0.25, 0.3) is 0 Å². The quantitative estimate of drug-likeness (QED) is 0.489. The number of amides is 1. The van der Waals surface area contributed by atoms with Crippen molar-refractivity contribution in [3.63, 3.8) is 0 Å². The molecule has 0 saturated heterocycles. The summed E-state index contributed by atoms with van der Waals surface area (Å²) in [6.45, 7) is 0. The van der Waals surface area contributed by atoms with E-state index in [0.29, 0.717) is 18.4 Å². The molecule has 0 radical (unpaired) electrons. The zero-order valence-corrected chi connectivity index (χ0v) is 11.4. The van der Waals surface area contributed by atoms with Gasteiger partial charge in [-0.2, -0.15) is 0 Å². The summed E-state index contributed by atoms with van der Waals surface area (Å²) in [5.74, 6) is -2.13. The van der Waals surface area contributed by atoms with Gasteiger partial charge in [-0.05, 0) is 43.4 Å². The smallest absolute Gasteiger partial charge is 0.329 e. The van der Waals surface area contributed by atoms with Gasteiger partial charge in [0.05, 0.1) is 6.04 Å². The van der Waals surface area contributed by atoms with E-state index < -0.39 is 23.5 Å². The highest BCUT2D eigenvalue weighted by Crippen LogP contribution is 2.32. The van der Waals surface area contributed by atoms with Crippen molar-refractivity contribution in [1.82, 2.24) is 5.32 Å². The first-order valence-corrected chi connectivity index (χ1v) is 6.66. The van der Waals surface area contributed by atoms with Crippen molar-refractivity contribution in [2.75, 3.05) is 0 Å². The summed E-state index contributed by atoms with van der Waals surface area (Å²) >= 11 is 0. The van der Waals surface area contributed by atoms with Crippen LogP contribution in [-0.4, -0.2) is 38.8 Å². The molecule has 114 valence electrons. The van der Waals surface area contributed by atoms with Gasteiger partial charge in [0.1, 0.15) is 5.54 Å². The van der Waals surface area contributed by atoms with Crippen LogP contribution in [0.5, 0.6) is 11.5 Å². The number of carbonyl (C=O) groups is 2. The fourth-order valence-electron chi connectivity index (χ4n) is 2.29. The van der Waals surface area contributed by atoms with Crippen LogP contribution in [0.3, 0.4) is 0 Å². The van der Waals surface area contributed by atoms with Crippen molar-refractivity contribution < 1.29 is 24.9 Å². The zero-order chi connectivity index (χ0) is 15.6. The Balaban J connectivity index is 1.99. The lowest BCUT2D eigenvalue weighted by atomic mass is 9.76. The Morgan fingerprint density at radius 1 is 1.29 bits per heavy atom. The van der Waals surface area contributed by atoms with Crippen molar-refractivity contribution in [2.45, 2.75) is 37.3 Å². The molecular weight excluding hydrogens is 276 g/mol. The molecule has 1 atom stereocenters. The van der Waals surface area contributed by atoms with E-state index in [0.717, 1.165) is 6.42 Å². The summed E-state index contributed by atoms with van der Waals surface area (Å²) in [7, 11) is 0. The molecule has 1 aromatic rings. The van der Waals surface area contributed by atoms with Gasteiger partial charge in [-0.25, -0.2) is 4.79 Å². The average Bonchev–Trinajstić information content (AvgIpc) is 2.37. The maximum atomic E-state index is 12.0. The van der Waals surface area contributed by atoms with E-state index in [-0.39, 0.29) is 17.9 Å². The minimum atomic E-state index is -1.19. The number of phenols is 2. The van der Waals surface area contributed by atoms with E-state index in [1.807, 2.05) is 0 Å². The van der Waals surface area contributed by atoms with Gasteiger partial charge in [0.2, 0.25) is 5.91 Å². The molecule has 0 bridgehead atoms. The Labute approximate surface area is 121 Å². The molecule has 1 aliphatic carbocycles. The first-order valence-electron chi connectivity index (χ1n) is 6.66. The molecule has 7 heteroatoms. The lowest BCUT2D eigenvalue weighted by molar-refractivity contribution is -0.152. The molecule has 0 unspecified atom stereocenters. The number of benzene rings is 1. The number of carboxylic acid groups (broad SMARTS) is 1. The molecule has 6 N–H and O–H groups in total. The number of aromatic hydroxyl groups is 2. The fourth-order valence-corrected chi connectivity index (χ4v) is 2.29. The van der Waals surface area contributed by atoms with Gasteiger partial charge >= 0.3 is 5.97 Å². The SMILES string of the molecule is N[C@@H](Cc1ccc(O)c(O)c1)C(=O)NC1(C(=O)O)CCC1. The van der Waals surface area contributed by atoms with Crippen LogP contribution in [-0.2, 0) is 16.0 Å². The van der Waals surface area contributed by atoms with Crippen LogP contribution in [0.1, 0.15) is 24.8 Å². The summed E-state index contributed by atoms with van der Waals surface area (Å²) in [4.78, 5) is 23.2. The van der Waals surface area contributed by atoms with Crippen LogP contribution >= 0.6 is 0 Å². The fraction of sp³-hybridized carbons (Fsp3) is 0.429. The van der Waals surface area contributed by atoms with Crippen molar-refractivity contribution in [2.24, 2.45) is 5.73 Å². The van der Waals surface area contributed by atoms with Gasteiger partial charge in [0, 0.05) is 0 Å². The number of nitrogens with one attached hydrogen (secondary N) is 1. The topological polar surface area (TPSA) is 133 Å². The Bertz CT molecular complexity index is 568. The molecule has 1 amide bonds. The van der Waals surface area contributed by atoms with Crippen LogP contribution in [0.2, 0.25) is 0 Å². The molecule has 1 aliphatic rings. The lowest BCUT2D eigenvalue weighted by Crippen LogP contribution is -2.62. The Hall–Kier alpha value is -2.28. The second kappa shape index (κ2) is 5.61. The summed E-state index contributed by atoms with van der Waals surface area (Å²) in [6, 6.07) is 3.24. The third-order valence-corrected chi connectivity index (χ3v) is 3.81. The molecule has 0 aromatic heterocycles. The molecular formula is C14H18N2O5. The Kier molecular flexibility index (Phi) is 4.04. The minimum Gasteiger partial charge on any atom is -0.504 e. The number of hydrogen-bond donors (Lipinski definition) is 5. The minimum absolute atomic E-state index is 0.134. The van der Waals surface area contributed by atoms with Crippen LogP contribution in [0.15, 0.2) is 18.2 Å². The van der Waals surface area contributed by atoms with E-state index in [1.165, 1.54) is 12.1 Å². The van der Waals surface area contributed by atoms with Gasteiger partial charge in [-0.1, -0.05) is 6.07 Å². The van der Waals surface area contributed by atoms with Crippen LogP contribution in [0.25, 0.3) is 0 Å². The lowest BCUT2D eigenvalue weighted by Gasteiger charge is -2.38. The number of nitrogens with two attached hydrogens (primary N) is 1. The van der Waals surface area contributed by atoms with E-state index >= 15 is 0 Å². The van der Waals surface area contributed by atoms with Crippen LogP contribution in [0.4, 0.5) is 0 Å². The summed E-state index contributed by atoms with van der Waals surface area (Å²) < 4.78 is 0. The summed E-state index contributed by atoms with van der Waals surface area (Å²) in [6.07, 6.45) is 1.70. The first kappa shape index (κ1) is 15.1. The maximum absolute atomic E-state index is 12.0. The molecule has 1 saturated carbocycles. The molecule has 0 heterocycles. The van der Waals surface area contributed by atoms with Crippen molar-refractivity contribution in [3.8, 4) is 11.5 Å². The zero-order valence-electron chi connectivity index (χ0n) is 11.4. The molecule has 7 nitrogen and oxygen atoms in total. The standard InChI is InChI=1S/C14H18N2O5/c15-9(6-8-2-3-10(17)11(18)7-8)12(19)16-14(13(20)21)4-1-5-14/h2-3,7,9,17-18H,1,4-6,15H2,(H,16,19)(H,20,21)/t9-/m0/s1. The third-order valence-electron chi connectivity index (χ3n) is 3.81. The highest BCUT2D eigenvalue weighted by Gasteiger charge is 2.46. The molecule has 1 aromatic carbocycles. The number of carboxylic acids is 1. The second-order valence-electron chi connectivity index (χ2n) is 5.36. The Morgan fingerprint density at radius 2 is 1.95 bits per heavy atom. The molecule has 21 heavy (non-hydrogen) atoms. The predicted molar refractivity (Wildman–Crippen MR) is 73.8 cm³/mol. The van der Waals surface area contributed by atoms with E-state index in [1.54, 1.807) is 6.07 Å². The second-order valence-corrected chi connectivity index (χ2v) is 5.36. The Morgan fingerprint density at radius 3 is 2.43 bits per heavy atom. The highest BCUT2D eigenvalue weighted by atomic mass is 16.4. The summed E-state index contributed by atoms with van der Waals surface area (Å²) in [5, 5.41) is 30.3. The van der Waals surface area contributed by atoms with Crippen molar-refractivity contribution in [1.29, 1.82) is 0 Å². The largest absolute Gasteiger partial charge is 0.504 e. The molecule has 0 spiro atoms. The molecule has 1 fully saturated rings. The van der Waals surface area contributed by atoms with Gasteiger partial charge in [-0.3, -0.25) is 4.79 Å². The van der Waals surface area contributed by atoms with Crippen molar-refractivity contribution in [3.05, 3.63) is 23.8 Å². The highest BCUT2D eigenvalue weighted by molar-refractivity contribution is 5.90. The van der Waals surface area contributed by atoms with Gasteiger partial charge in [0.15, 0.2) is 11.5 Å². The number of rotatable bonds is 5. The predicted octanol–water partition coefficient (Wildman–Crippen LogP) is 0.0911. The average molecular weight is 294 g/mol. The van der Waals surface area contributed by atoms with E-state index in [2.05, 4.69) is 5.32 Å². The normalized spacial score (nSPS) is 17.6. The third kappa shape index (κ3) is 3.08. The number of carbonyl (C=O) groups excluding carboxylic acids is 1. The van der Waals surface area contributed by atoms with Crippen LogP contribution < -0.4 is 11.1 Å². The number of phenolic OH excluding ortho intramolecular Hbond substituents is 2. The van der Waals surface area contributed by atoms with Crippen molar-refractivity contribution >= 4 is 11.9 Å². The van der Waals surface area contributed by atoms with Gasteiger partial charge < -0.3 is 26.4 Å². The van der Waals surface area contributed by atoms with Crippen LogP contribution in [0, 0.1) is 0 Å². The number of aliphatic carboxylic acids is 1. The van der Waals surface area contributed by atoms with E-state index in [9.17, 15) is 19.8 Å². The molecule has 0 aliphatic heterocycles. The first-order chi connectivity index (χ1) is 9.84. The number of hydrogen-bond acceptors (Lipinski definition) is 5. The monoisotopic (exact) mass is 294 g/mol. The van der Waals surface area contributed by atoms with Gasteiger partial charge in [-0.15, -0.1) is 0 Å². The maximum Gasteiger partial charge on any atom is 0.329 e. The van der Waals surface area contributed by atoms with E-state index in [4.69, 9.17) is 10.8 Å². The molecule has 2 rings (SSSR count).